The Hall–Kier alpha value is -3.07. The Morgan fingerprint density at radius 3 is 2.48 bits per heavy atom. The van der Waals surface area contributed by atoms with E-state index in [1.54, 1.807) is 43.3 Å². The zero-order chi connectivity index (χ0) is 21.0. The molecule has 0 aliphatic carbocycles. The number of carbonyl (C=O) groups is 2. The van der Waals surface area contributed by atoms with Crippen LogP contribution in [0.25, 0.3) is 5.69 Å². The lowest BCUT2D eigenvalue weighted by Gasteiger charge is -2.11. The van der Waals surface area contributed by atoms with Crippen LogP contribution in [0.5, 0.6) is 0 Å². The zero-order valence-electron chi connectivity index (χ0n) is 16.2. The third kappa shape index (κ3) is 5.05. The summed E-state index contributed by atoms with van der Waals surface area (Å²) in [6, 6.07) is 12.6. The van der Waals surface area contributed by atoms with Crippen molar-refractivity contribution in [2.24, 2.45) is 5.92 Å². The van der Waals surface area contributed by atoms with Gasteiger partial charge in [-0.25, -0.2) is 4.39 Å². The van der Waals surface area contributed by atoms with Gasteiger partial charge in [-0.15, -0.1) is 5.10 Å². The van der Waals surface area contributed by atoms with E-state index in [1.807, 2.05) is 13.8 Å². The summed E-state index contributed by atoms with van der Waals surface area (Å²) in [5.74, 6) is -0.720. The molecule has 0 fully saturated rings. The number of nitrogens with zero attached hydrogens (tertiary/aromatic N) is 4. The molecule has 1 heterocycles. The van der Waals surface area contributed by atoms with Gasteiger partial charge in [-0.2, -0.15) is 4.68 Å². The lowest BCUT2D eigenvalue weighted by molar-refractivity contribution is -0.118. The average Bonchev–Trinajstić information content (AvgIpc) is 3.16. The van der Waals surface area contributed by atoms with Crippen LogP contribution in [-0.4, -0.2) is 37.1 Å². The number of nitrogens with one attached hydrogen (secondary N) is 1. The van der Waals surface area contributed by atoms with Gasteiger partial charge >= 0.3 is 0 Å². The number of tetrazole rings is 1. The maximum absolute atomic E-state index is 13.5. The molecular weight excluding hydrogens is 393 g/mol. The molecule has 3 aromatic rings. The van der Waals surface area contributed by atoms with E-state index in [1.165, 1.54) is 28.6 Å². The second kappa shape index (κ2) is 8.95. The summed E-state index contributed by atoms with van der Waals surface area (Å²) in [5, 5.41) is 14.2. The summed E-state index contributed by atoms with van der Waals surface area (Å²) < 4.78 is 14.9. The Kier molecular flexibility index (Phi) is 6.38. The van der Waals surface area contributed by atoms with E-state index >= 15 is 0 Å². The first-order chi connectivity index (χ1) is 13.8. The number of hydrogen-bond donors (Lipinski definition) is 1. The number of rotatable bonds is 7. The minimum atomic E-state index is -0.468. The van der Waals surface area contributed by atoms with Gasteiger partial charge in [-0.3, -0.25) is 9.59 Å². The number of halogens is 1. The minimum absolute atomic E-state index is 0.0859. The molecule has 0 radical (unpaired) electrons. The highest BCUT2D eigenvalue weighted by atomic mass is 32.2. The number of hydrogen-bond acceptors (Lipinski definition) is 6. The number of aromatic nitrogens is 4. The Morgan fingerprint density at radius 1 is 1.10 bits per heavy atom. The van der Waals surface area contributed by atoms with Crippen LogP contribution in [0.4, 0.5) is 10.1 Å². The van der Waals surface area contributed by atoms with Crippen LogP contribution in [-0.2, 0) is 4.79 Å². The minimum Gasteiger partial charge on any atom is -0.326 e. The molecule has 1 amide bonds. The molecular formula is C20H20FN5O2S. The van der Waals surface area contributed by atoms with E-state index < -0.39 is 11.1 Å². The molecule has 0 unspecified atom stereocenters. The summed E-state index contributed by atoms with van der Waals surface area (Å²) >= 11 is 1.18. The van der Waals surface area contributed by atoms with Crippen LogP contribution in [0.2, 0.25) is 0 Å². The summed E-state index contributed by atoms with van der Waals surface area (Å²) in [6.07, 6.45) is 0. The first kappa shape index (κ1) is 20.7. The van der Waals surface area contributed by atoms with E-state index in [0.29, 0.717) is 22.1 Å². The van der Waals surface area contributed by atoms with Crippen LogP contribution in [0, 0.1) is 11.7 Å². The van der Waals surface area contributed by atoms with Gasteiger partial charge in [0.05, 0.1) is 10.9 Å². The SMILES string of the molecule is CC(C)C(=O)Nc1ccc(C(=O)[C@@H](C)Sc2nnnn2-c2cccc(F)c2)cc1. The molecule has 0 saturated heterocycles. The van der Waals surface area contributed by atoms with Crippen molar-refractivity contribution in [1.82, 2.24) is 20.2 Å². The van der Waals surface area contributed by atoms with Crippen molar-refractivity contribution >= 4 is 29.1 Å². The van der Waals surface area contributed by atoms with E-state index in [2.05, 4.69) is 20.8 Å². The third-order valence-corrected chi connectivity index (χ3v) is 5.14. The highest BCUT2D eigenvalue weighted by Crippen LogP contribution is 2.26. The fourth-order valence-electron chi connectivity index (χ4n) is 2.47. The Morgan fingerprint density at radius 2 is 1.83 bits per heavy atom. The molecule has 0 saturated carbocycles. The van der Waals surface area contributed by atoms with Gasteiger partial charge in [0.1, 0.15) is 5.82 Å². The molecule has 150 valence electrons. The number of carbonyl (C=O) groups excluding carboxylic acids is 2. The molecule has 29 heavy (non-hydrogen) atoms. The average molecular weight is 413 g/mol. The standard InChI is InChI=1S/C20H20FN5O2S/c1-12(2)19(28)22-16-9-7-14(8-10-16)18(27)13(3)29-20-23-24-25-26(20)17-6-4-5-15(21)11-17/h4-13H,1-3H3,(H,22,28)/t13-/m1/s1. The van der Waals surface area contributed by atoms with Gasteiger partial charge in [0, 0.05) is 17.2 Å². The van der Waals surface area contributed by atoms with Crippen LogP contribution in [0.3, 0.4) is 0 Å². The number of ketones is 1. The van der Waals surface area contributed by atoms with Crippen molar-refractivity contribution in [2.75, 3.05) is 5.32 Å². The van der Waals surface area contributed by atoms with Gasteiger partial charge < -0.3 is 5.32 Å². The van der Waals surface area contributed by atoms with Gasteiger partial charge in [0.25, 0.3) is 0 Å². The Labute approximate surface area is 171 Å². The summed E-state index contributed by atoms with van der Waals surface area (Å²) in [6.45, 7) is 5.37. The predicted molar refractivity (Wildman–Crippen MR) is 109 cm³/mol. The smallest absolute Gasteiger partial charge is 0.226 e. The molecule has 0 aliphatic rings. The molecule has 3 rings (SSSR count). The fourth-order valence-corrected chi connectivity index (χ4v) is 3.36. The maximum atomic E-state index is 13.5. The Balaban J connectivity index is 1.70. The number of thioether (sulfide) groups is 1. The second-order valence-corrected chi connectivity index (χ2v) is 8.01. The van der Waals surface area contributed by atoms with Gasteiger partial charge in [-0.1, -0.05) is 31.7 Å². The molecule has 0 spiro atoms. The predicted octanol–water partition coefficient (Wildman–Crippen LogP) is 3.76. The van der Waals surface area contributed by atoms with Crippen molar-refractivity contribution in [2.45, 2.75) is 31.2 Å². The van der Waals surface area contributed by atoms with E-state index in [4.69, 9.17) is 0 Å². The normalized spacial score (nSPS) is 12.0. The maximum Gasteiger partial charge on any atom is 0.226 e. The Bertz CT molecular complexity index is 1020. The molecule has 0 bridgehead atoms. The van der Waals surface area contributed by atoms with Crippen molar-refractivity contribution < 1.29 is 14.0 Å². The number of benzene rings is 2. The van der Waals surface area contributed by atoms with Gasteiger partial charge in [0.15, 0.2) is 5.78 Å². The van der Waals surface area contributed by atoms with Crippen LogP contribution >= 0.6 is 11.8 Å². The summed E-state index contributed by atoms with van der Waals surface area (Å²) in [7, 11) is 0. The van der Waals surface area contributed by atoms with Crippen LogP contribution < -0.4 is 5.32 Å². The quantitative estimate of drug-likeness (QED) is 0.469. The molecule has 1 atom stereocenters. The monoisotopic (exact) mass is 413 g/mol. The lowest BCUT2D eigenvalue weighted by Crippen LogP contribution is -2.18. The van der Waals surface area contributed by atoms with Crippen molar-refractivity contribution in [1.29, 1.82) is 0 Å². The first-order valence-electron chi connectivity index (χ1n) is 9.01. The van der Waals surface area contributed by atoms with E-state index in [0.717, 1.165) is 0 Å². The lowest BCUT2D eigenvalue weighted by atomic mass is 10.1. The topological polar surface area (TPSA) is 89.8 Å². The number of anilines is 1. The highest BCUT2D eigenvalue weighted by molar-refractivity contribution is 8.00. The number of Topliss-reactive ketones (excluding diaryl/α,β-unsaturated/α-hetero) is 1. The molecule has 7 nitrogen and oxygen atoms in total. The molecule has 1 aromatic heterocycles. The molecule has 1 N–H and O–H groups in total. The van der Waals surface area contributed by atoms with Gasteiger partial charge in [0.2, 0.25) is 11.1 Å². The number of amides is 1. The van der Waals surface area contributed by atoms with Crippen LogP contribution in [0.15, 0.2) is 53.7 Å². The van der Waals surface area contributed by atoms with Gasteiger partial charge in [-0.05, 0) is 59.8 Å². The van der Waals surface area contributed by atoms with E-state index in [9.17, 15) is 14.0 Å². The fraction of sp³-hybridized carbons (Fsp3) is 0.250. The zero-order valence-corrected chi connectivity index (χ0v) is 17.0. The van der Waals surface area contributed by atoms with Crippen LogP contribution in [0.1, 0.15) is 31.1 Å². The molecule has 9 heteroatoms. The van der Waals surface area contributed by atoms with E-state index in [-0.39, 0.29) is 17.6 Å². The molecule has 2 aromatic carbocycles. The summed E-state index contributed by atoms with van der Waals surface area (Å²) in [4.78, 5) is 24.5. The highest BCUT2D eigenvalue weighted by Gasteiger charge is 2.21. The largest absolute Gasteiger partial charge is 0.326 e. The third-order valence-electron chi connectivity index (χ3n) is 4.11. The summed E-state index contributed by atoms with van der Waals surface area (Å²) in [5.41, 5.74) is 1.62. The van der Waals surface area contributed by atoms with Crippen molar-refractivity contribution in [3.05, 3.63) is 59.9 Å². The molecule has 0 aliphatic heterocycles. The van der Waals surface area contributed by atoms with Crippen molar-refractivity contribution in [3.63, 3.8) is 0 Å². The first-order valence-corrected chi connectivity index (χ1v) is 9.89. The van der Waals surface area contributed by atoms with Crippen molar-refractivity contribution in [3.8, 4) is 5.69 Å². The second-order valence-electron chi connectivity index (χ2n) is 6.70.